The van der Waals surface area contributed by atoms with Gasteiger partial charge in [-0.05, 0) is 61.0 Å². The van der Waals surface area contributed by atoms with Crippen LogP contribution in [0.25, 0.3) is 5.69 Å². The molecule has 0 N–H and O–H groups in total. The maximum atomic E-state index is 12.7. The highest BCUT2D eigenvalue weighted by atomic mass is 79.9. The number of Topliss-reactive ketones (excluding diaryl/α,β-unsaturated/α-hetero) is 1. The number of nitrogens with zero attached hydrogens (tertiary/aromatic N) is 5. The molecule has 8 heteroatoms. The molecule has 1 aromatic carbocycles. The molecule has 0 atom stereocenters. The number of carbonyl (C=O) groups is 1. The van der Waals surface area contributed by atoms with Crippen molar-refractivity contribution in [3.05, 3.63) is 51.3 Å². The van der Waals surface area contributed by atoms with Crippen molar-refractivity contribution in [2.75, 3.05) is 5.75 Å². The van der Waals surface area contributed by atoms with E-state index in [1.807, 2.05) is 32.0 Å². The Bertz CT molecular complexity index is 947. The van der Waals surface area contributed by atoms with Crippen LogP contribution < -0.4 is 0 Å². The van der Waals surface area contributed by atoms with Crippen molar-refractivity contribution in [3.63, 3.8) is 0 Å². The molecule has 0 fully saturated rings. The molecule has 0 aliphatic heterocycles. The minimum Gasteiger partial charge on any atom is -0.318 e. The van der Waals surface area contributed by atoms with Gasteiger partial charge in [-0.25, -0.2) is 4.68 Å². The fourth-order valence-corrected chi connectivity index (χ4v) is 3.74. The van der Waals surface area contributed by atoms with Gasteiger partial charge in [0.1, 0.15) is 0 Å². The predicted octanol–water partition coefficient (Wildman–Crippen LogP) is 3.66. The quantitative estimate of drug-likeness (QED) is 0.466. The molecule has 0 amide bonds. The van der Waals surface area contributed by atoms with Crippen LogP contribution in [-0.4, -0.2) is 36.3 Å². The zero-order chi connectivity index (χ0) is 18.1. The molecule has 6 nitrogen and oxygen atoms in total. The predicted molar refractivity (Wildman–Crippen MR) is 102 cm³/mol. The Morgan fingerprint density at radius 3 is 2.64 bits per heavy atom. The third-order valence-corrected chi connectivity index (χ3v) is 5.95. The van der Waals surface area contributed by atoms with Gasteiger partial charge in [-0.1, -0.05) is 27.7 Å². The summed E-state index contributed by atoms with van der Waals surface area (Å²) in [7, 11) is 1.76. The number of hydrogen-bond acceptors (Lipinski definition) is 5. The van der Waals surface area contributed by atoms with Crippen molar-refractivity contribution in [1.82, 2.24) is 24.8 Å². The van der Waals surface area contributed by atoms with E-state index in [9.17, 15) is 4.79 Å². The van der Waals surface area contributed by atoms with E-state index in [4.69, 9.17) is 0 Å². The lowest BCUT2D eigenvalue weighted by Crippen LogP contribution is -2.06. The molecule has 0 spiro atoms. The summed E-state index contributed by atoms with van der Waals surface area (Å²) in [5.74, 6) is 0.374. The Kier molecular flexibility index (Phi) is 5.10. The van der Waals surface area contributed by atoms with Crippen LogP contribution in [0, 0.1) is 20.8 Å². The van der Waals surface area contributed by atoms with E-state index in [1.54, 1.807) is 11.7 Å². The van der Waals surface area contributed by atoms with Crippen LogP contribution >= 0.6 is 27.7 Å². The number of aromatic nitrogens is 5. The van der Waals surface area contributed by atoms with E-state index in [2.05, 4.69) is 49.0 Å². The van der Waals surface area contributed by atoms with Gasteiger partial charge in [0.2, 0.25) is 5.16 Å². The normalized spacial score (nSPS) is 11.1. The van der Waals surface area contributed by atoms with Gasteiger partial charge in [-0.15, -0.1) is 5.10 Å². The number of thioether (sulfide) groups is 1. The molecule has 3 rings (SSSR count). The zero-order valence-electron chi connectivity index (χ0n) is 14.4. The minimum atomic E-state index is 0.0705. The molecule has 0 saturated carbocycles. The SMILES string of the molecule is Cc1cc(-n2c(C)cc(C(=O)CSc3nnnn3C)c2C)ccc1Br. The second-order valence-corrected chi connectivity index (χ2v) is 7.65. The maximum Gasteiger partial charge on any atom is 0.209 e. The van der Waals surface area contributed by atoms with E-state index in [1.165, 1.54) is 11.8 Å². The Hall–Kier alpha value is -1.93. The molecule has 130 valence electrons. The Labute approximate surface area is 158 Å². The Morgan fingerprint density at radius 1 is 1.24 bits per heavy atom. The number of halogens is 1. The van der Waals surface area contributed by atoms with Gasteiger partial charge in [0.05, 0.1) is 5.75 Å². The minimum absolute atomic E-state index is 0.0705. The molecule has 25 heavy (non-hydrogen) atoms. The van der Waals surface area contributed by atoms with Crippen molar-refractivity contribution < 1.29 is 4.79 Å². The highest BCUT2D eigenvalue weighted by Gasteiger charge is 2.18. The number of tetrazole rings is 1. The molecule has 0 aliphatic rings. The molecule has 3 aromatic rings. The number of carbonyl (C=O) groups excluding carboxylic acids is 1. The second-order valence-electron chi connectivity index (χ2n) is 5.85. The standard InChI is InChI=1S/C17H18BrN5OS/c1-10-7-13(5-6-15(10)18)23-11(2)8-14(12(23)3)16(24)9-25-17-19-20-21-22(17)4/h5-8H,9H2,1-4H3. The van der Waals surface area contributed by atoms with Gasteiger partial charge >= 0.3 is 0 Å². The van der Waals surface area contributed by atoms with Gasteiger partial charge in [-0.3, -0.25) is 4.79 Å². The van der Waals surface area contributed by atoms with E-state index >= 15 is 0 Å². The summed E-state index contributed by atoms with van der Waals surface area (Å²) in [6.07, 6.45) is 0. The lowest BCUT2D eigenvalue weighted by atomic mass is 10.2. The second kappa shape index (κ2) is 7.13. The first kappa shape index (κ1) is 17.9. The molecule has 2 heterocycles. The summed E-state index contributed by atoms with van der Waals surface area (Å²) in [6.45, 7) is 6.05. The smallest absolute Gasteiger partial charge is 0.209 e. The average Bonchev–Trinajstić information content (AvgIpc) is 3.11. The topological polar surface area (TPSA) is 65.6 Å². The number of benzene rings is 1. The maximum absolute atomic E-state index is 12.7. The number of aryl methyl sites for hydroxylation is 3. The first-order chi connectivity index (χ1) is 11.9. The van der Waals surface area contributed by atoms with E-state index in [-0.39, 0.29) is 5.78 Å². The first-order valence-corrected chi connectivity index (χ1v) is 9.50. The van der Waals surface area contributed by atoms with E-state index in [0.717, 1.165) is 32.7 Å². The van der Waals surface area contributed by atoms with Gasteiger partial charge in [-0.2, -0.15) is 0 Å². The molecular weight excluding hydrogens is 402 g/mol. The summed E-state index contributed by atoms with van der Waals surface area (Å²) in [5.41, 5.74) is 4.93. The number of rotatable bonds is 5. The number of hydrogen-bond donors (Lipinski definition) is 0. The third kappa shape index (κ3) is 3.55. The summed E-state index contributed by atoms with van der Waals surface area (Å²) in [4.78, 5) is 12.7. The third-order valence-electron chi connectivity index (χ3n) is 4.04. The van der Waals surface area contributed by atoms with Gasteiger partial charge in [0.15, 0.2) is 5.78 Å². The largest absolute Gasteiger partial charge is 0.318 e. The Balaban J connectivity index is 1.87. The molecular formula is C17H18BrN5OS. The van der Waals surface area contributed by atoms with Crippen molar-refractivity contribution in [2.24, 2.45) is 7.05 Å². The van der Waals surface area contributed by atoms with Crippen LogP contribution in [0.4, 0.5) is 0 Å². The summed E-state index contributed by atoms with van der Waals surface area (Å²) in [6, 6.07) is 8.14. The monoisotopic (exact) mass is 419 g/mol. The van der Waals surface area contributed by atoms with Gasteiger partial charge in [0.25, 0.3) is 0 Å². The van der Waals surface area contributed by atoms with Crippen LogP contribution in [0.1, 0.15) is 27.3 Å². The molecule has 0 unspecified atom stereocenters. The van der Waals surface area contributed by atoms with Crippen molar-refractivity contribution in [3.8, 4) is 5.69 Å². The fraction of sp³-hybridized carbons (Fsp3) is 0.294. The van der Waals surface area contributed by atoms with Crippen molar-refractivity contribution in [2.45, 2.75) is 25.9 Å². The van der Waals surface area contributed by atoms with Crippen LogP contribution in [0.3, 0.4) is 0 Å². The summed E-state index contributed by atoms with van der Waals surface area (Å²) in [5, 5.41) is 11.9. The molecule has 0 radical (unpaired) electrons. The van der Waals surface area contributed by atoms with E-state index in [0.29, 0.717) is 10.9 Å². The molecule has 2 aromatic heterocycles. The fourth-order valence-electron chi connectivity index (χ4n) is 2.76. The van der Waals surface area contributed by atoms with Crippen LogP contribution in [0.5, 0.6) is 0 Å². The summed E-state index contributed by atoms with van der Waals surface area (Å²) >= 11 is 4.87. The summed E-state index contributed by atoms with van der Waals surface area (Å²) < 4.78 is 4.75. The lowest BCUT2D eigenvalue weighted by molar-refractivity contribution is 0.102. The van der Waals surface area contributed by atoms with Crippen molar-refractivity contribution in [1.29, 1.82) is 0 Å². The lowest BCUT2D eigenvalue weighted by Gasteiger charge is -2.11. The molecule has 0 bridgehead atoms. The van der Waals surface area contributed by atoms with Gasteiger partial charge in [0, 0.05) is 34.2 Å². The van der Waals surface area contributed by atoms with Crippen LogP contribution in [-0.2, 0) is 7.05 Å². The highest BCUT2D eigenvalue weighted by molar-refractivity contribution is 9.10. The van der Waals surface area contributed by atoms with E-state index < -0.39 is 0 Å². The Morgan fingerprint density at radius 2 is 2.00 bits per heavy atom. The number of ketones is 1. The first-order valence-electron chi connectivity index (χ1n) is 7.72. The van der Waals surface area contributed by atoms with Crippen LogP contribution in [0.2, 0.25) is 0 Å². The average molecular weight is 420 g/mol. The highest BCUT2D eigenvalue weighted by Crippen LogP contribution is 2.26. The van der Waals surface area contributed by atoms with Crippen LogP contribution in [0.15, 0.2) is 33.9 Å². The van der Waals surface area contributed by atoms with Crippen molar-refractivity contribution >= 4 is 33.5 Å². The molecule has 0 saturated heterocycles. The van der Waals surface area contributed by atoms with Gasteiger partial charge < -0.3 is 4.57 Å². The molecule has 0 aliphatic carbocycles. The zero-order valence-corrected chi connectivity index (χ0v) is 16.8.